The summed E-state index contributed by atoms with van der Waals surface area (Å²) in [4.78, 5) is 2.35. The molecule has 1 saturated heterocycles. The van der Waals surface area contributed by atoms with Gasteiger partial charge >= 0.3 is 0 Å². The standard InChI is InChI=1S/C13H18BrClN2O.ClH/c1-17(11-4-5-16-9-11)6-7-18-13-3-2-10(15)8-12(13)14;/h2-3,8,11,16H,4-7,9H2,1H3;1H. The minimum absolute atomic E-state index is 0. The van der Waals surface area contributed by atoms with Gasteiger partial charge in [-0.2, -0.15) is 0 Å². The van der Waals surface area contributed by atoms with Gasteiger partial charge in [0.1, 0.15) is 12.4 Å². The van der Waals surface area contributed by atoms with Crippen LogP contribution in [0.3, 0.4) is 0 Å². The van der Waals surface area contributed by atoms with Crippen LogP contribution in [-0.2, 0) is 0 Å². The molecule has 19 heavy (non-hydrogen) atoms. The van der Waals surface area contributed by atoms with E-state index < -0.39 is 0 Å². The second kappa shape index (κ2) is 8.32. The lowest BCUT2D eigenvalue weighted by Crippen LogP contribution is -2.36. The number of nitrogens with one attached hydrogen (secondary N) is 1. The SMILES string of the molecule is CN(CCOc1ccc(Cl)cc1Br)C1CCNC1.Cl. The van der Waals surface area contributed by atoms with Crippen LogP contribution < -0.4 is 10.1 Å². The molecule has 0 amide bonds. The summed E-state index contributed by atoms with van der Waals surface area (Å²) < 4.78 is 6.66. The highest BCUT2D eigenvalue weighted by Crippen LogP contribution is 2.27. The minimum atomic E-state index is 0. The number of hydrogen-bond acceptors (Lipinski definition) is 3. The Morgan fingerprint density at radius 3 is 2.95 bits per heavy atom. The van der Waals surface area contributed by atoms with Crippen molar-refractivity contribution in [2.75, 3.05) is 33.3 Å². The maximum atomic E-state index is 5.89. The molecule has 0 aliphatic carbocycles. The fraction of sp³-hybridized carbons (Fsp3) is 0.538. The molecule has 0 radical (unpaired) electrons. The van der Waals surface area contributed by atoms with Gasteiger partial charge in [0.05, 0.1) is 4.47 Å². The normalized spacial score (nSPS) is 18.4. The monoisotopic (exact) mass is 368 g/mol. The molecule has 1 aromatic rings. The van der Waals surface area contributed by atoms with Crippen molar-refractivity contribution in [3.8, 4) is 5.75 Å². The van der Waals surface area contributed by atoms with Crippen LogP contribution in [0.5, 0.6) is 5.75 Å². The number of rotatable bonds is 5. The molecule has 2 rings (SSSR count). The van der Waals surface area contributed by atoms with Gasteiger partial charge < -0.3 is 10.1 Å². The van der Waals surface area contributed by atoms with Gasteiger partial charge in [0.15, 0.2) is 0 Å². The first-order valence-electron chi connectivity index (χ1n) is 6.15. The van der Waals surface area contributed by atoms with Gasteiger partial charge in [-0.1, -0.05) is 11.6 Å². The molecule has 1 aliphatic heterocycles. The zero-order valence-electron chi connectivity index (χ0n) is 10.9. The summed E-state index contributed by atoms with van der Waals surface area (Å²) in [7, 11) is 2.15. The summed E-state index contributed by atoms with van der Waals surface area (Å²) in [5, 5.41) is 4.08. The fourth-order valence-electron chi connectivity index (χ4n) is 2.09. The summed E-state index contributed by atoms with van der Waals surface area (Å²) in [6.45, 7) is 3.83. The molecular weight excluding hydrogens is 351 g/mol. The van der Waals surface area contributed by atoms with Crippen LogP contribution in [0, 0.1) is 0 Å². The Kier molecular flexibility index (Phi) is 7.47. The first-order valence-corrected chi connectivity index (χ1v) is 7.33. The van der Waals surface area contributed by atoms with E-state index >= 15 is 0 Å². The predicted octanol–water partition coefficient (Wildman–Crippen LogP) is 3.20. The summed E-state index contributed by atoms with van der Waals surface area (Å²) in [5.74, 6) is 0.845. The minimum Gasteiger partial charge on any atom is -0.491 e. The smallest absolute Gasteiger partial charge is 0.133 e. The van der Waals surface area contributed by atoms with Crippen molar-refractivity contribution in [2.45, 2.75) is 12.5 Å². The Morgan fingerprint density at radius 2 is 2.32 bits per heavy atom. The second-order valence-electron chi connectivity index (χ2n) is 4.55. The molecule has 1 aromatic carbocycles. The summed E-state index contributed by atoms with van der Waals surface area (Å²) >= 11 is 9.33. The van der Waals surface area contributed by atoms with Crippen LogP contribution in [0.15, 0.2) is 22.7 Å². The van der Waals surface area contributed by atoms with Crippen LogP contribution >= 0.6 is 39.9 Å². The molecule has 1 fully saturated rings. The van der Waals surface area contributed by atoms with Gasteiger partial charge in [0.2, 0.25) is 0 Å². The molecule has 108 valence electrons. The van der Waals surface area contributed by atoms with Crippen LogP contribution in [0.4, 0.5) is 0 Å². The summed E-state index contributed by atoms with van der Waals surface area (Å²) in [5.41, 5.74) is 0. The van der Waals surface area contributed by atoms with Gasteiger partial charge in [-0.05, 0) is 54.1 Å². The number of benzene rings is 1. The van der Waals surface area contributed by atoms with E-state index in [2.05, 4.69) is 33.2 Å². The molecule has 3 nitrogen and oxygen atoms in total. The first-order chi connectivity index (χ1) is 8.66. The highest BCUT2D eigenvalue weighted by Gasteiger charge is 2.18. The second-order valence-corrected chi connectivity index (χ2v) is 5.84. The number of ether oxygens (including phenoxy) is 1. The summed E-state index contributed by atoms with van der Waals surface area (Å²) in [6, 6.07) is 6.22. The Hall–Kier alpha value is -0.000000000000000111. The van der Waals surface area contributed by atoms with Gasteiger partial charge in [-0.25, -0.2) is 0 Å². The third-order valence-corrected chi connectivity index (χ3v) is 4.11. The molecule has 0 bridgehead atoms. The topological polar surface area (TPSA) is 24.5 Å². The van der Waals surface area contributed by atoms with Crippen LogP contribution in [0.25, 0.3) is 0 Å². The fourth-order valence-corrected chi connectivity index (χ4v) is 2.89. The van der Waals surface area contributed by atoms with E-state index in [9.17, 15) is 0 Å². The van der Waals surface area contributed by atoms with E-state index in [0.717, 1.165) is 29.9 Å². The summed E-state index contributed by atoms with van der Waals surface area (Å²) in [6.07, 6.45) is 1.22. The van der Waals surface area contributed by atoms with E-state index in [4.69, 9.17) is 16.3 Å². The van der Waals surface area contributed by atoms with Crippen molar-refractivity contribution in [1.29, 1.82) is 0 Å². The van der Waals surface area contributed by atoms with Gasteiger partial charge in [-0.3, -0.25) is 4.90 Å². The molecule has 0 spiro atoms. The molecule has 1 heterocycles. The van der Waals surface area contributed by atoms with Crippen molar-refractivity contribution in [3.63, 3.8) is 0 Å². The Bertz CT molecular complexity index is 400. The van der Waals surface area contributed by atoms with Crippen LogP contribution in [0.2, 0.25) is 5.02 Å². The average Bonchev–Trinajstić information content (AvgIpc) is 2.85. The number of likely N-dealkylation sites (N-methyl/N-ethyl adjacent to an activating group) is 1. The van der Waals surface area contributed by atoms with E-state index in [1.165, 1.54) is 6.42 Å². The zero-order valence-corrected chi connectivity index (χ0v) is 14.0. The van der Waals surface area contributed by atoms with E-state index in [-0.39, 0.29) is 12.4 Å². The van der Waals surface area contributed by atoms with Gasteiger partial charge in [-0.15, -0.1) is 12.4 Å². The van der Waals surface area contributed by atoms with Crippen LogP contribution in [0.1, 0.15) is 6.42 Å². The largest absolute Gasteiger partial charge is 0.491 e. The molecule has 1 aliphatic rings. The van der Waals surface area contributed by atoms with Crippen LogP contribution in [-0.4, -0.2) is 44.2 Å². The Labute approximate surface area is 134 Å². The third-order valence-electron chi connectivity index (χ3n) is 3.25. The molecule has 1 unspecified atom stereocenters. The van der Waals surface area contributed by atoms with E-state index in [0.29, 0.717) is 17.7 Å². The van der Waals surface area contributed by atoms with Crippen molar-refractivity contribution >= 4 is 39.9 Å². The lowest BCUT2D eigenvalue weighted by molar-refractivity contribution is 0.199. The molecular formula is C13H19BrCl2N2O. The number of nitrogens with zero attached hydrogens (tertiary/aromatic N) is 1. The van der Waals surface area contributed by atoms with Gasteiger partial charge in [0.25, 0.3) is 0 Å². The predicted molar refractivity (Wildman–Crippen MR) is 85.8 cm³/mol. The molecule has 1 atom stereocenters. The van der Waals surface area contributed by atoms with E-state index in [1.54, 1.807) is 0 Å². The van der Waals surface area contributed by atoms with Crippen molar-refractivity contribution in [3.05, 3.63) is 27.7 Å². The number of hydrogen-bond donors (Lipinski definition) is 1. The average molecular weight is 370 g/mol. The lowest BCUT2D eigenvalue weighted by atomic mass is 10.2. The number of halogens is 3. The first kappa shape index (κ1) is 17.1. The molecule has 0 saturated carbocycles. The lowest BCUT2D eigenvalue weighted by Gasteiger charge is -2.23. The van der Waals surface area contributed by atoms with Crippen molar-refractivity contribution < 1.29 is 4.74 Å². The highest BCUT2D eigenvalue weighted by molar-refractivity contribution is 9.10. The Morgan fingerprint density at radius 1 is 1.53 bits per heavy atom. The maximum absolute atomic E-state index is 5.89. The molecule has 1 N–H and O–H groups in total. The maximum Gasteiger partial charge on any atom is 0.133 e. The zero-order chi connectivity index (χ0) is 13.0. The molecule has 0 aromatic heterocycles. The highest BCUT2D eigenvalue weighted by atomic mass is 79.9. The molecule has 6 heteroatoms. The Balaban J connectivity index is 0.00000180. The van der Waals surface area contributed by atoms with Crippen molar-refractivity contribution in [1.82, 2.24) is 10.2 Å². The quantitative estimate of drug-likeness (QED) is 0.862. The third kappa shape index (κ3) is 5.12. The van der Waals surface area contributed by atoms with E-state index in [1.807, 2.05) is 18.2 Å². The van der Waals surface area contributed by atoms with Crippen molar-refractivity contribution in [2.24, 2.45) is 0 Å². The van der Waals surface area contributed by atoms with Gasteiger partial charge in [0, 0.05) is 24.2 Å².